The van der Waals surface area contributed by atoms with Gasteiger partial charge < -0.3 is 14.6 Å². The second kappa shape index (κ2) is 9.60. The molecule has 1 aliphatic heterocycles. The van der Waals surface area contributed by atoms with Gasteiger partial charge >= 0.3 is 0 Å². The Morgan fingerprint density at radius 2 is 2.03 bits per heavy atom. The van der Waals surface area contributed by atoms with Gasteiger partial charge in [0.05, 0.1) is 24.6 Å². The van der Waals surface area contributed by atoms with E-state index < -0.39 is 8.32 Å². The minimum absolute atomic E-state index is 0.0283. The summed E-state index contributed by atoms with van der Waals surface area (Å²) in [7, 11) is -1.92. The van der Waals surface area contributed by atoms with Gasteiger partial charge in [0.2, 0.25) is 5.91 Å². The van der Waals surface area contributed by atoms with Gasteiger partial charge in [0.15, 0.2) is 8.32 Å². The highest BCUT2D eigenvalue weighted by atomic mass is 32.1. The van der Waals surface area contributed by atoms with Gasteiger partial charge in [0.1, 0.15) is 17.0 Å². The van der Waals surface area contributed by atoms with Crippen LogP contribution in [-0.2, 0) is 22.2 Å². The van der Waals surface area contributed by atoms with Crippen molar-refractivity contribution in [1.29, 1.82) is 0 Å². The summed E-state index contributed by atoms with van der Waals surface area (Å²) in [6, 6.07) is 10.4. The van der Waals surface area contributed by atoms with E-state index >= 15 is 0 Å². The molecule has 3 heterocycles. The average Bonchev–Trinajstić information content (AvgIpc) is 3.19. The van der Waals surface area contributed by atoms with Gasteiger partial charge in [-0.2, -0.15) is 0 Å². The zero-order valence-electron chi connectivity index (χ0n) is 20.7. The number of nitrogens with one attached hydrogen (secondary N) is 1. The van der Waals surface area contributed by atoms with Crippen molar-refractivity contribution in [3.63, 3.8) is 0 Å². The summed E-state index contributed by atoms with van der Waals surface area (Å²) in [6.45, 7) is 16.8. The first-order valence-electron chi connectivity index (χ1n) is 11.7. The Bertz CT molecular complexity index is 1190. The quantitative estimate of drug-likeness (QED) is 0.325. The van der Waals surface area contributed by atoms with Crippen LogP contribution in [0.1, 0.15) is 42.8 Å². The molecule has 180 valence electrons. The number of carbonyl (C=O) groups is 1. The van der Waals surface area contributed by atoms with E-state index in [9.17, 15) is 4.79 Å². The molecule has 0 bridgehead atoms. The Morgan fingerprint density at radius 3 is 2.71 bits per heavy atom. The highest BCUT2D eigenvalue weighted by Crippen LogP contribution is 2.40. The number of amides is 1. The molecule has 1 aliphatic rings. The number of rotatable bonds is 7. The third-order valence-corrected chi connectivity index (χ3v) is 12.7. The monoisotopic (exact) mass is 494 g/mol. The Morgan fingerprint density at radius 1 is 1.29 bits per heavy atom. The fourth-order valence-electron chi connectivity index (χ4n) is 3.93. The molecule has 0 fully saturated rings. The zero-order chi connectivity index (χ0) is 24.5. The van der Waals surface area contributed by atoms with Gasteiger partial charge in [0, 0.05) is 11.4 Å². The van der Waals surface area contributed by atoms with Crippen molar-refractivity contribution in [2.45, 2.75) is 57.9 Å². The molecule has 0 saturated heterocycles. The van der Waals surface area contributed by atoms with Crippen molar-refractivity contribution < 1.29 is 9.22 Å². The van der Waals surface area contributed by atoms with E-state index in [-0.39, 0.29) is 17.0 Å². The van der Waals surface area contributed by atoms with E-state index in [0.717, 1.165) is 22.5 Å². The molecule has 0 spiro atoms. The molecule has 0 unspecified atom stereocenters. The Hall–Kier alpha value is -2.55. The Labute approximate surface area is 207 Å². The first-order valence-corrected chi connectivity index (χ1v) is 15.4. The van der Waals surface area contributed by atoms with Crippen LogP contribution in [0.2, 0.25) is 18.1 Å². The van der Waals surface area contributed by atoms with Crippen molar-refractivity contribution in [1.82, 2.24) is 14.9 Å². The summed E-state index contributed by atoms with van der Waals surface area (Å²) in [6.07, 6.45) is 3.79. The number of thiophene rings is 1. The molecule has 1 aromatic carbocycles. The molecule has 6 nitrogen and oxygen atoms in total. The van der Waals surface area contributed by atoms with E-state index in [0.29, 0.717) is 19.7 Å². The van der Waals surface area contributed by atoms with Crippen LogP contribution in [-0.4, -0.2) is 42.2 Å². The standard InChI is InChI=1S/C26H34N4O2SSi/c1-7-22(31)30-14-13-19-21(15-30)33-25-23(19)24(27-17-28-25)29-20(18-11-9-8-10-12-18)16-32-34(5,6)26(2,3)4/h7-12,17,20H,1,13-16H2,2-6H3,(H,27,28,29)/t20-/m0/s1. The predicted octanol–water partition coefficient (Wildman–Crippen LogP) is 5.94. The molecule has 4 rings (SSSR count). The number of nitrogens with zero attached hydrogens (tertiary/aromatic N) is 3. The smallest absolute Gasteiger partial charge is 0.246 e. The molecule has 0 saturated carbocycles. The topological polar surface area (TPSA) is 67.4 Å². The van der Waals surface area contributed by atoms with Gasteiger partial charge in [-0.1, -0.05) is 57.7 Å². The van der Waals surface area contributed by atoms with Crippen LogP contribution < -0.4 is 5.32 Å². The van der Waals surface area contributed by atoms with Crippen molar-refractivity contribution in [3.8, 4) is 0 Å². The first kappa shape index (κ1) is 24.6. The molecule has 1 N–H and O–H groups in total. The maximum absolute atomic E-state index is 12.1. The highest BCUT2D eigenvalue weighted by Gasteiger charge is 2.38. The first-order chi connectivity index (χ1) is 16.1. The van der Waals surface area contributed by atoms with E-state index in [1.807, 2.05) is 11.0 Å². The SMILES string of the molecule is C=CC(=O)N1CCc2c(sc3ncnc(N[C@@H](CO[Si](C)(C)C(C)(C)C)c4ccccc4)c23)C1. The molecule has 1 amide bonds. The summed E-state index contributed by atoms with van der Waals surface area (Å²) in [4.78, 5) is 25.3. The number of fused-ring (bicyclic) bond motifs is 3. The molecule has 0 radical (unpaired) electrons. The molecule has 2 aromatic heterocycles. The lowest BCUT2D eigenvalue weighted by Gasteiger charge is -2.37. The second-order valence-electron chi connectivity index (χ2n) is 10.3. The molecule has 0 aliphatic carbocycles. The summed E-state index contributed by atoms with van der Waals surface area (Å²) in [5.74, 6) is 0.804. The fourth-order valence-corrected chi connectivity index (χ4v) is 6.15. The molecular weight excluding hydrogens is 460 g/mol. The van der Waals surface area contributed by atoms with E-state index in [1.54, 1.807) is 17.7 Å². The van der Waals surface area contributed by atoms with Gasteiger partial charge in [0.25, 0.3) is 0 Å². The number of carbonyl (C=O) groups excluding carboxylic acids is 1. The molecule has 3 aromatic rings. The number of anilines is 1. The van der Waals surface area contributed by atoms with Crippen LogP contribution in [0.4, 0.5) is 5.82 Å². The van der Waals surface area contributed by atoms with E-state index in [2.05, 4.69) is 80.0 Å². The van der Waals surface area contributed by atoms with Crippen molar-refractivity contribution in [2.75, 3.05) is 18.5 Å². The minimum atomic E-state index is -1.92. The summed E-state index contributed by atoms with van der Waals surface area (Å²) >= 11 is 1.65. The second-order valence-corrected chi connectivity index (χ2v) is 16.2. The number of hydrogen-bond donors (Lipinski definition) is 1. The Balaban J connectivity index is 1.66. The van der Waals surface area contributed by atoms with Crippen molar-refractivity contribution in [2.24, 2.45) is 0 Å². The lowest BCUT2D eigenvalue weighted by atomic mass is 10.0. The van der Waals surface area contributed by atoms with Gasteiger partial charge in [-0.05, 0) is 41.8 Å². The third kappa shape index (κ3) is 4.94. The van der Waals surface area contributed by atoms with Gasteiger partial charge in [-0.15, -0.1) is 11.3 Å². The average molecular weight is 495 g/mol. The van der Waals surface area contributed by atoms with E-state index in [4.69, 9.17) is 4.43 Å². The summed E-state index contributed by atoms with van der Waals surface area (Å²) in [5.41, 5.74) is 2.41. The van der Waals surface area contributed by atoms with Crippen LogP contribution in [0.15, 0.2) is 49.3 Å². The van der Waals surface area contributed by atoms with Gasteiger partial charge in [-0.25, -0.2) is 9.97 Å². The molecule has 1 atom stereocenters. The largest absolute Gasteiger partial charge is 0.414 e. The van der Waals surface area contributed by atoms with Crippen LogP contribution in [0.25, 0.3) is 10.2 Å². The lowest BCUT2D eigenvalue weighted by molar-refractivity contribution is -0.126. The fraction of sp³-hybridized carbons (Fsp3) is 0.423. The van der Waals surface area contributed by atoms with Crippen LogP contribution in [0, 0.1) is 0 Å². The molecular formula is C26H34N4O2SSi. The van der Waals surface area contributed by atoms with Crippen molar-refractivity contribution in [3.05, 3.63) is 65.3 Å². The number of aromatic nitrogens is 2. The highest BCUT2D eigenvalue weighted by molar-refractivity contribution is 7.19. The number of hydrogen-bond acceptors (Lipinski definition) is 6. The predicted molar refractivity (Wildman–Crippen MR) is 143 cm³/mol. The summed E-state index contributed by atoms with van der Waals surface area (Å²) < 4.78 is 6.62. The zero-order valence-corrected chi connectivity index (χ0v) is 22.5. The minimum Gasteiger partial charge on any atom is -0.414 e. The maximum atomic E-state index is 12.1. The number of benzene rings is 1. The molecule has 34 heavy (non-hydrogen) atoms. The van der Waals surface area contributed by atoms with E-state index in [1.165, 1.54) is 22.1 Å². The Kier molecular flexibility index (Phi) is 6.94. The summed E-state index contributed by atoms with van der Waals surface area (Å²) in [5, 5.41) is 4.91. The lowest BCUT2D eigenvalue weighted by Crippen LogP contribution is -2.42. The molecule has 8 heteroatoms. The maximum Gasteiger partial charge on any atom is 0.246 e. The van der Waals surface area contributed by atoms with Crippen LogP contribution >= 0.6 is 11.3 Å². The van der Waals surface area contributed by atoms with Crippen molar-refractivity contribution >= 4 is 41.6 Å². The van der Waals surface area contributed by atoms with Crippen LogP contribution in [0.3, 0.4) is 0 Å². The normalized spacial score (nSPS) is 15.1. The van der Waals surface area contributed by atoms with Crippen LogP contribution in [0.5, 0.6) is 0 Å². The third-order valence-electron chi connectivity index (χ3n) is 7.05. The van der Waals surface area contributed by atoms with Gasteiger partial charge in [-0.3, -0.25) is 4.79 Å².